The number of carbonyl (C=O) groups is 3. The Labute approximate surface area is 368 Å². The van der Waals surface area contributed by atoms with Crippen molar-refractivity contribution in [3.63, 3.8) is 0 Å². The van der Waals surface area contributed by atoms with Gasteiger partial charge >= 0.3 is 17.9 Å². The lowest BCUT2D eigenvalue weighted by molar-refractivity contribution is -0.167. The van der Waals surface area contributed by atoms with E-state index in [0.29, 0.717) is 19.3 Å². The number of hydrogen-bond acceptors (Lipinski definition) is 6. The van der Waals surface area contributed by atoms with Gasteiger partial charge in [0.2, 0.25) is 0 Å². The largest absolute Gasteiger partial charge is 0.462 e. The molecule has 6 nitrogen and oxygen atoms in total. The number of hydrogen-bond donors (Lipinski definition) is 0. The molecule has 340 valence electrons. The summed E-state index contributed by atoms with van der Waals surface area (Å²) < 4.78 is 16.6. The van der Waals surface area contributed by atoms with Gasteiger partial charge in [-0.15, -0.1) is 0 Å². The average Bonchev–Trinajstić information content (AvgIpc) is 3.24. The van der Waals surface area contributed by atoms with Gasteiger partial charge in [-0.2, -0.15) is 0 Å². The molecule has 0 aliphatic rings. The van der Waals surface area contributed by atoms with Crippen molar-refractivity contribution >= 4 is 17.9 Å². The fourth-order valence-corrected chi connectivity index (χ4v) is 6.22. The Kier molecular flexibility index (Phi) is 45.1. The Morgan fingerprint density at radius 2 is 0.650 bits per heavy atom. The monoisotopic (exact) mass is 833 g/mol. The second kappa shape index (κ2) is 48.0. The van der Waals surface area contributed by atoms with E-state index >= 15 is 0 Å². The van der Waals surface area contributed by atoms with E-state index in [4.69, 9.17) is 14.2 Å². The summed E-state index contributed by atoms with van der Waals surface area (Å²) >= 11 is 0. The second-order valence-corrected chi connectivity index (χ2v) is 15.6. The van der Waals surface area contributed by atoms with Crippen LogP contribution in [0.5, 0.6) is 0 Å². The van der Waals surface area contributed by atoms with Crippen LogP contribution in [0, 0.1) is 0 Å². The summed E-state index contributed by atoms with van der Waals surface area (Å²) in [4.78, 5) is 37.5. The molecule has 1 unspecified atom stereocenters. The van der Waals surface area contributed by atoms with Crippen molar-refractivity contribution in [1.82, 2.24) is 0 Å². The van der Waals surface area contributed by atoms with Crippen LogP contribution >= 0.6 is 0 Å². The van der Waals surface area contributed by atoms with E-state index in [0.717, 1.165) is 109 Å². The van der Waals surface area contributed by atoms with E-state index in [1.54, 1.807) is 0 Å². The quantitative estimate of drug-likeness (QED) is 0.0264. The van der Waals surface area contributed by atoms with Gasteiger partial charge in [-0.1, -0.05) is 201 Å². The zero-order valence-corrected chi connectivity index (χ0v) is 38.7. The molecule has 1 atom stereocenters. The third-order valence-electron chi connectivity index (χ3n) is 9.85. The van der Waals surface area contributed by atoms with Crippen LogP contribution in [-0.4, -0.2) is 37.2 Å². The van der Waals surface area contributed by atoms with E-state index in [2.05, 4.69) is 118 Å². The predicted molar refractivity (Wildman–Crippen MR) is 256 cm³/mol. The molecule has 0 aromatic heterocycles. The van der Waals surface area contributed by atoms with Gasteiger partial charge in [0.25, 0.3) is 0 Å². The van der Waals surface area contributed by atoms with Crippen molar-refractivity contribution in [2.45, 2.75) is 213 Å². The SMILES string of the molecule is CC/C=C\C/C=C\C/C=C\C/C=C\C/C=C\C/C=C\C/C=C\C/C=C\CCCCC(=O)OCC(COC(=O)CCCCCCCCC)OC(=O)CCCCCCCCCC. The molecule has 0 aromatic rings. The van der Waals surface area contributed by atoms with Crippen molar-refractivity contribution in [3.05, 3.63) is 97.2 Å². The molecule has 0 spiro atoms. The minimum absolute atomic E-state index is 0.0909. The van der Waals surface area contributed by atoms with Crippen LogP contribution in [-0.2, 0) is 28.6 Å². The first-order valence-corrected chi connectivity index (χ1v) is 24.2. The lowest BCUT2D eigenvalue weighted by atomic mass is 10.1. The summed E-state index contributed by atoms with van der Waals surface area (Å²) in [5.74, 6) is -0.956. The molecule has 0 rings (SSSR count). The maximum Gasteiger partial charge on any atom is 0.306 e. The minimum Gasteiger partial charge on any atom is -0.462 e. The van der Waals surface area contributed by atoms with Crippen molar-refractivity contribution < 1.29 is 28.6 Å². The number of ether oxygens (including phenoxy) is 3. The van der Waals surface area contributed by atoms with Gasteiger partial charge in [-0.05, 0) is 83.5 Å². The fourth-order valence-electron chi connectivity index (χ4n) is 6.22. The van der Waals surface area contributed by atoms with Crippen LogP contribution in [0.25, 0.3) is 0 Å². The third-order valence-corrected chi connectivity index (χ3v) is 9.85. The lowest BCUT2D eigenvalue weighted by Crippen LogP contribution is -2.30. The maximum atomic E-state index is 12.6. The molecule has 0 aliphatic heterocycles. The van der Waals surface area contributed by atoms with Crippen molar-refractivity contribution in [1.29, 1.82) is 0 Å². The van der Waals surface area contributed by atoms with Crippen molar-refractivity contribution in [2.75, 3.05) is 13.2 Å². The number of rotatable bonds is 42. The topological polar surface area (TPSA) is 78.9 Å². The van der Waals surface area contributed by atoms with Crippen LogP contribution in [0.4, 0.5) is 0 Å². The Hall–Kier alpha value is -3.67. The zero-order valence-electron chi connectivity index (χ0n) is 38.7. The third kappa shape index (κ3) is 45.4. The maximum absolute atomic E-state index is 12.6. The van der Waals surface area contributed by atoms with E-state index < -0.39 is 6.10 Å². The molecule has 0 fully saturated rings. The average molecular weight is 833 g/mol. The Bertz CT molecular complexity index is 1230. The first-order chi connectivity index (χ1) is 29.5. The van der Waals surface area contributed by atoms with Gasteiger partial charge in [0.05, 0.1) is 0 Å². The first kappa shape index (κ1) is 56.3. The molecular weight excluding hydrogens is 745 g/mol. The number of esters is 3. The molecule has 0 radical (unpaired) electrons. The van der Waals surface area contributed by atoms with Crippen LogP contribution in [0.15, 0.2) is 97.2 Å². The lowest BCUT2D eigenvalue weighted by Gasteiger charge is -2.18. The molecule has 0 aliphatic carbocycles. The Morgan fingerprint density at radius 3 is 1.02 bits per heavy atom. The molecule has 0 saturated heterocycles. The second-order valence-electron chi connectivity index (χ2n) is 15.6. The van der Waals surface area contributed by atoms with Crippen LogP contribution < -0.4 is 0 Å². The van der Waals surface area contributed by atoms with Gasteiger partial charge in [-0.25, -0.2) is 0 Å². The van der Waals surface area contributed by atoms with Crippen molar-refractivity contribution in [2.24, 2.45) is 0 Å². The van der Waals surface area contributed by atoms with Gasteiger partial charge < -0.3 is 14.2 Å². The van der Waals surface area contributed by atoms with Crippen LogP contribution in [0.3, 0.4) is 0 Å². The molecular formula is C54H88O6. The number of unbranched alkanes of at least 4 members (excludes halogenated alkanes) is 15. The molecule has 6 heteroatoms. The molecule has 60 heavy (non-hydrogen) atoms. The van der Waals surface area contributed by atoms with E-state index in [-0.39, 0.29) is 31.1 Å². The van der Waals surface area contributed by atoms with Crippen molar-refractivity contribution in [3.8, 4) is 0 Å². The molecule has 0 aromatic carbocycles. The summed E-state index contributed by atoms with van der Waals surface area (Å²) in [7, 11) is 0. The highest BCUT2D eigenvalue weighted by Gasteiger charge is 2.19. The Balaban J connectivity index is 4.24. The predicted octanol–water partition coefficient (Wildman–Crippen LogP) is 15.8. The standard InChI is InChI=1S/C54H88O6/c1-4-7-10-13-16-18-19-20-21-22-23-24-25-26-27-28-29-30-31-32-33-34-35-36-39-41-44-47-53(56)59-50-51(49-58-52(55)46-43-40-37-15-12-9-6-3)60-54(57)48-45-42-38-17-14-11-8-5-2/h7,10,16,18,20-21,23-24,26-27,29-30,32-33,35-36,51H,4-6,8-9,11-15,17,19,22,25,28,31,34,37-50H2,1-3H3/b10-7-,18-16-,21-20-,24-23-,27-26-,30-29-,33-32-,36-35-. The normalized spacial score (nSPS) is 12.9. The van der Waals surface area contributed by atoms with Gasteiger partial charge in [0.15, 0.2) is 6.10 Å². The van der Waals surface area contributed by atoms with Gasteiger partial charge in [0, 0.05) is 19.3 Å². The molecule has 0 bridgehead atoms. The van der Waals surface area contributed by atoms with Crippen LogP contribution in [0.1, 0.15) is 207 Å². The Morgan fingerprint density at radius 1 is 0.350 bits per heavy atom. The van der Waals surface area contributed by atoms with E-state index in [9.17, 15) is 14.4 Å². The smallest absolute Gasteiger partial charge is 0.306 e. The molecule has 0 N–H and O–H groups in total. The van der Waals surface area contributed by atoms with E-state index in [1.165, 1.54) is 57.8 Å². The first-order valence-electron chi connectivity index (χ1n) is 24.2. The highest BCUT2D eigenvalue weighted by molar-refractivity contribution is 5.71. The zero-order chi connectivity index (χ0) is 43.7. The summed E-state index contributed by atoms with van der Waals surface area (Å²) in [6, 6.07) is 0. The van der Waals surface area contributed by atoms with E-state index in [1.807, 2.05) is 0 Å². The highest BCUT2D eigenvalue weighted by atomic mass is 16.6. The summed E-state index contributed by atoms with van der Waals surface area (Å²) in [6.07, 6.45) is 62.8. The molecule has 0 saturated carbocycles. The van der Waals surface area contributed by atoms with Crippen LogP contribution in [0.2, 0.25) is 0 Å². The summed E-state index contributed by atoms with van der Waals surface area (Å²) in [6.45, 7) is 6.39. The minimum atomic E-state index is -0.788. The highest BCUT2D eigenvalue weighted by Crippen LogP contribution is 2.13. The number of carbonyl (C=O) groups excluding carboxylic acids is 3. The fraction of sp³-hybridized carbons (Fsp3) is 0.648. The molecule has 0 heterocycles. The summed E-state index contributed by atoms with van der Waals surface area (Å²) in [5, 5.41) is 0. The van der Waals surface area contributed by atoms with Gasteiger partial charge in [-0.3, -0.25) is 14.4 Å². The van der Waals surface area contributed by atoms with Gasteiger partial charge in [0.1, 0.15) is 13.2 Å². The number of allylic oxidation sites excluding steroid dienone is 16. The summed E-state index contributed by atoms with van der Waals surface area (Å²) in [5.41, 5.74) is 0. The molecule has 0 amide bonds.